The van der Waals surface area contributed by atoms with Gasteiger partial charge in [0.1, 0.15) is 17.1 Å². The molecule has 2 aromatic rings. The Morgan fingerprint density at radius 1 is 1.21 bits per heavy atom. The number of fused-ring (bicyclic) bond motifs is 1. The summed E-state index contributed by atoms with van der Waals surface area (Å²) in [5.74, 6) is -1.38. The smallest absolute Gasteiger partial charge is 0.274 e. The maximum Gasteiger partial charge on any atom is 0.274 e. The summed E-state index contributed by atoms with van der Waals surface area (Å²) in [5.41, 5.74) is -0.201. The number of nitrogens with zero attached hydrogens (tertiary/aromatic N) is 3. The Kier molecular flexibility index (Phi) is 5.42. The molecule has 2 heterocycles. The highest BCUT2D eigenvalue weighted by molar-refractivity contribution is 6.07. The molecule has 1 aromatic heterocycles. The molecule has 1 atom stereocenters. The van der Waals surface area contributed by atoms with Crippen LogP contribution in [0.2, 0.25) is 0 Å². The first kappa shape index (κ1) is 21.6. The average Bonchev–Trinajstić information content (AvgIpc) is 3.29. The van der Waals surface area contributed by atoms with Crippen LogP contribution in [0.4, 0.5) is 4.39 Å². The molecule has 2 fully saturated rings. The summed E-state index contributed by atoms with van der Waals surface area (Å²) in [5, 5.41) is 5.87. The number of carbonyl (C=O) groups is 3. The molecule has 3 aliphatic rings. The standard InChI is InChI=1S/C24H28FN5O3/c1-24(23(33)28-17-7-2-3-8-17)13-29-14-27-19(20(29)22(32)30(24)18-9-10-18)21(31)26-12-15-5-4-6-16(25)11-15/h4-6,11,14,17-18H,2-3,7-10,12-13H2,1H3,(H,26,31)(H,28,33)/t24-/m0/s1. The third-order valence-corrected chi connectivity index (χ3v) is 6.92. The van der Waals surface area contributed by atoms with Gasteiger partial charge in [-0.05, 0) is 50.3 Å². The lowest BCUT2D eigenvalue weighted by atomic mass is 9.93. The first-order valence-corrected chi connectivity index (χ1v) is 11.6. The Balaban J connectivity index is 1.38. The molecule has 0 bridgehead atoms. The van der Waals surface area contributed by atoms with Crippen molar-refractivity contribution in [3.8, 4) is 0 Å². The second-order valence-corrected chi connectivity index (χ2v) is 9.52. The zero-order valence-corrected chi connectivity index (χ0v) is 18.6. The zero-order valence-electron chi connectivity index (χ0n) is 18.6. The van der Waals surface area contributed by atoms with E-state index in [1.54, 1.807) is 28.5 Å². The topological polar surface area (TPSA) is 96.3 Å². The summed E-state index contributed by atoms with van der Waals surface area (Å²) in [6.45, 7) is 2.17. The fourth-order valence-corrected chi connectivity index (χ4v) is 5.05. The van der Waals surface area contributed by atoms with E-state index in [1.807, 2.05) is 0 Å². The van der Waals surface area contributed by atoms with E-state index in [9.17, 15) is 18.8 Å². The molecule has 33 heavy (non-hydrogen) atoms. The molecule has 1 aliphatic heterocycles. The van der Waals surface area contributed by atoms with Gasteiger partial charge >= 0.3 is 0 Å². The molecular formula is C24H28FN5O3. The van der Waals surface area contributed by atoms with Gasteiger partial charge in [-0.2, -0.15) is 0 Å². The third kappa shape index (κ3) is 4.00. The highest BCUT2D eigenvalue weighted by atomic mass is 19.1. The first-order valence-electron chi connectivity index (χ1n) is 11.6. The van der Waals surface area contributed by atoms with Crippen LogP contribution in [0.15, 0.2) is 30.6 Å². The number of imidazole rings is 1. The molecule has 2 N–H and O–H groups in total. The van der Waals surface area contributed by atoms with Crippen molar-refractivity contribution in [2.75, 3.05) is 0 Å². The molecule has 1 aromatic carbocycles. The van der Waals surface area contributed by atoms with E-state index in [4.69, 9.17) is 0 Å². The van der Waals surface area contributed by atoms with Crippen LogP contribution < -0.4 is 10.6 Å². The zero-order chi connectivity index (χ0) is 23.2. The average molecular weight is 454 g/mol. The summed E-state index contributed by atoms with van der Waals surface area (Å²) in [4.78, 5) is 45.7. The Bertz CT molecular complexity index is 1110. The lowest BCUT2D eigenvalue weighted by Crippen LogP contribution is -2.65. The van der Waals surface area contributed by atoms with Crippen LogP contribution in [0.25, 0.3) is 0 Å². The number of benzene rings is 1. The van der Waals surface area contributed by atoms with Gasteiger partial charge in [-0.25, -0.2) is 9.37 Å². The lowest BCUT2D eigenvalue weighted by molar-refractivity contribution is -0.134. The summed E-state index contributed by atoms with van der Waals surface area (Å²) in [6, 6.07) is 6.10. The van der Waals surface area contributed by atoms with Crippen LogP contribution in [0.5, 0.6) is 0 Å². The Morgan fingerprint density at radius 3 is 2.67 bits per heavy atom. The fourth-order valence-electron chi connectivity index (χ4n) is 5.05. The van der Waals surface area contributed by atoms with Gasteiger partial charge in [-0.1, -0.05) is 25.0 Å². The molecule has 2 aliphatic carbocycles. The number of rotatable bonds is 6. The van der Waals surface area contributed by atoms with Gasteiger partial charge in [0.25, 0.3) is 11.8 Å². The molecular weight excluding hydrogens is 425 g/mol. The molecule has 2 saturated carbocycles. The molecule has 3 amide bonds. The predicted molar refractivity (Wildman–Crippen MR) is 118 cm³/mol. The molecule has 0 radical (unpaired) electrons. The number of aromatic nitrogens is 2. The van der Waals surface area contributed by atoms with Crippen molar-refractivity contribution in [2.24, 2.45) is 0 Å². The number of hydrogen-bond acceptors (Lipinski definition) is 4. The quantitative estimate of drug-likeness (QED) is 0.702. The Labute approximate surface area is 191 Å². The summed E-state index contributed by atoms with van der Waals surface area (Å²) >= 11 is 0. The summed E-state index contributed by atoms with van der Waals surface area (Å²) < 4.78 is 15.0. The van der Waals surface area contributed by atoms with Crippen LogP contribution in [0, 0.1) is 5.82 Å². The summed E-state index contributed by atoms with van der Waals surface area (Å²) in [6.07, 6.45) is 7.27. The minimum absolute atomic E-state index is 0.0105. The molecule has 8 nitrogen and oxygen atoms in total. The minimum Gasteiger partial charge on any atom is -0.351 e. The van der Waals surface area contributed by atoms with Crippen LogP contribution in [0.3, 0.4) is 0 Å². The van der Waals surface area contributed by atoms with Crippen LogP contribution in [-0.2, 0) is 17.9 Å². The number of halogens is 1. The van der Waals surface area contributed by atoms with Crippen molar-refractivity contribution < 1.29 is 18.8 Å². The van der Waals surface area contributed by atoms with E-state index in [-0.39, 0.29) is 54.2 Å². The number of carbonyl (C=O) groups excluding carboxylic acids is 3. The second kappa shape index (κ2) is 8.28. The maximum atomic E-state index is 13.6. The molecule has 5 rings (SSSR count). The van der Waals surface area contributed by atoms with Gasteiger partial charge in [-0.15, -0.1) is 0 Å². The molecule has 174 valence electrons. The van der Waals surface area contributed by atoms with Gasteiger partial charge in [0, 0.05) is 18.6 Å². The van der Waals surface area contributed by atoms with Crippen LogP contribution >= 0.6 is 0 Å². The number of hydrogen-bond donors (Lipinski definition) is 2. The molecule has 9 heteroatoms. The van der Waals surface area contributed by atoms with Crippen LogP contribution in [-0.4, -0.2) is 49.8 Å². The minimum atomic E-state index is -1.04. The van der Waals surface area contributed by atoms with Gasteiger partial charge < -0.3 is 20.1 Å². The van der Waals surface area contributed by atoms with Gasteiger partial charge in [-0.3, -0.25) is 14.4 Å². The first-order chi connectivity index (χ1) is 15.9. The number of amides is 3. The normalized spacial score (nSPS) is 22.8. The van der Waals surface area contributed by atoms with E-state index in [1.165, 1.54) is 18.5 Å². The number of nitrogens with one attached hydrogen (secondary N) is 2. The Morgan fingerprint density at radius 2 is 1.97 bits per heavy atom. The third-order valence-electron chi connectivity index (χ3n) is 6.92. The van der Waals surface area contributed by atoms with Crippen LogP contribution in [0.1, 0.15) is 72.0 Å². The molecule has 0 spiro atoms. The van der Waals surface area contributed by atoms with Crippen molar-refractivity contribution in [2.45, 2.75) is 76.2 Å². The van der Waals surface area contributed by atoms with Gasteiger partial charge in [0.05, 0.1) is 12.9 Å². The van der Waals surface area contributed by atoms with E-state index in [0.717, 1.165) is 38.5 Å². The monoisotopic (exact) mass is 453 g/mol. The van der Waals surface area contributed by atoms with E-state index < -0.39 is 11.4 Å². The van der Waals surface area contributed by atoms with E-state index >= 15 is 0 Å². The van der Waals surface area contributed by atoms with E-state index in [0.29, 0.717) is 5.56 Å². The lowest BCUT2D eigenvalue weighted by Gasteiger charge is -2.44. The van der Waals surface area contributed by atoms with Crippen molar-refractivity contribution in [1.82, 2.24) is 25.1 Å². The van der Waals surface area contributed by atoms with Crippen molar-refractivity contribution in [1.29, 1.82) is 0 Å². The summed E-state index contributed by atoms with van der Waals surface area (Å²) in [7, 11) is 0. The highest BCUT2D eigenvalue weighted by Crippen LogP contribution is 2.39. The van der Waals surface area contributed by atoms with Gasteiger partial charge in [0.2, 0.25) is 5.91 Å². The SMILES string of the molecule is C[C@@]1(C(=O)NC2CCCC2)Cn2cnc(C(=O)NCc3cccc(F)c3)c2C(=O)N1C1CC1. The highest BCUT2D eigenvalue weighted by Gasteiger charge is 2.54. The van der Waals surface area contributed by atoms with Crippen molar-refractivity contribution in [3.63, 3.8) is 0 Å². The van der Waals surface area contributed by atoms with E-state index in [2.05, 4.69) is 15.6 Å². The molecule has 0 saturated heterocycles. The second-order valence-electron chi connectivity index (χ2n) is 9.52. The Hall–Kier alpha value is -3.23. The fraction of sp³-hybridized carbons (Fsp3) is 0.500. The maximum absolute atomic E-state index is 13.6. The molecule has 0 unspecified atom stereocenters. The largest absolute Gasteiger partial charge is 0.351 e. The predicted octanol–water partition coefficient (Wildman–Crippen LogP) is 2.39. The van der Waals surface area contributed by atoms with Crippen molar-refractivity contribution >= 4 is 17.7 Å². The van der Waals surface area contributed by atoms with Crippen molar-refractivity contribution in [3.05, 3.63) is 53.4 Å². The van der Waals surface area contributed by atoms with Gasteiger partial charge in [0.15, 0.2) is 5.69 Å².